The third-order valence-electron chi connectivity index (χ3n) is 3.07. The number of hydrogen-bond donors (Lipinski definition) is 2. The first-order valence-electron chi connectivity index (χ1n) is 6.36. The van der Waals surface area contributed by atoms with Gasteiger partial charge >= 0.3 is 6.18 Å². The fourth-order valence-electron chi connectivity index (χ4n) is 1.75. The molecule has 0 atom stereocenters. The molecule has 0 bridgehead atoms. The summed E-state index contributed by atoms with van der Waals surface area (Å²) >= 11 is 0.668. The summed E-state index contributed by atoms with van der Waals surface area (Å²) in [6.45, 7) is 3.09. The van der Waals surface area contributed by atoms with Crippen molar-refractivity contribution in [1.29, 1.82) is 0 Å². The Morgan fingerprint density at radius 2 is 2.00 bits per heavy atom. The van der Waals surface area contributed by atoms with Crippen molar-refractivity contribution in [2.24, 2.45) is 0 Å². The molecule has 114 valence electrons. The highest BCUT2D eigenvalue weighted by molar-refractivity contribution is 7.99. The van der Waals surface area contributed by atoms with Gasteiger partial charge in [-0.1, -0.05) is 12.1 Å². The lowest BCUT2D eigenvalue weighted by Gasteiger charge is -2.21. The zero-order valence-electron chi connectivity index (χ0n) is 11.4. The van der Waals surface area contributed by atoms with E-state index in [9.17, 15) is 18.0 Å². The molecule has 1 saturated heterocycles. The molecule has 1 amide bonds. The second kappa shape index (κ2) is 6.53. The molecule has 0 aliphatic carbocycles. The van der Waals surface area contributed by atoms with Crippen LogP contribution in [0.4, 0.5) is 18.9 Å². The summed E-state index contributed by atoms with van der Waals surface area (Å²) in [6, 6.07) is 6.50. The van der Waals surface area contributed by atoms with Gasteiger partial charge in [-0.15, -0.1) is 11.8 Å². The van der Waals surface area contributed by atoms with Crippen LogP contribution in [0.5, 0.6) is 0 Å². The maximum atomic E-state index is 12.3. The van der Waals surface area contributed by atoms with Crippen LogP contribution >= 0.6 is 11.8 Å². The van der Waals surface area contributed by atoms with Crippen LogP contribution in [-0.4, -0.2) is 30.9 Å². The van der Waals surface area contributed by atoms with Gasteiger partial charge < -0.3 is 10.6 Å². The summed E-state index contributed by atoms with van der Waals surface area (Å²) in [5, 5.41) is 5.73. The van der Waals surface area contributed by atoms with E-state index in [1.54, 1.807) is 31.2 Å². The van der Waals surface area contributed by atoms with Gasteiger partial charge in [0.2, 0.25) is 0 Å². The number of amides is 1. The van der Waals surface area contributed by atoms with Crippen molar-refractivity contribution in [2.75, 3.05) is 24.2 Å². The lowest BCUT2D eigenvalue weighted by Crippen LogP contribution is -2.36. The molecule has 1 aromatic rings. The predicted octanol–water partition coefficient (Wildman–Crippen LogP) is 3.20. The first-order valence-corrected chi connectivity index (χ1v) is 7.34. The zero-order valence-corrected chi connectivity index (χ0v) is 12.2. The van der Waals surface area contributed by atoms with Crippen LogP contribution in [-0.2, 0) is 4.79 Å². The van der Waals surface area contributed by atoms with E-state index in [2.05, 4.69) is 10.6 Å². The monoisotopic (exact) mass is 316 g/mol. The van der Waals surface area contributed by atoms with E-state index in [-0.39, 0.29) is 5.91 Å². The van der Waals surface area contributed by atoms with Crippen LogP contribution in [0, 0.1) is 0 Å². The second-order valence-electron chi connectivity index (χ2n) is 4.69. The van der Waals surface area contributed by atoms with Crippen molar-refractivity contribution in [1.82, 2.24) is 5.32 Å². The quantitative estimate of drug-likeness (QED) is 0.662. The summed E-state index contributed by atoms with van der Waals surface area (Å²) in [5.74, 6) is -1.25. The van der Waals surface area contributed by atoms with Gasteiger partial charge in [-0.3, -0.25) is 4.79 Å². The molecule has 2 rings (SSSR count). The van der Waals surface area contributed by atoms with Gasteiger partial charge in [0.15, 0.2) is 0 Å². The highest BCUT2D eigenvalue weighted by Crippen LogP contribution is 2.32. The van der Waals surface area contributed by atoms with Crippen molar-refractivity contribution in [2.45, 2.75) is 18.0 Å². The first kappa shape index (κ1) is 15.9. The number of rotatable bonds is 4. The lowest BCUT2D eigenvalue weighted by molar-refractivity contribution is -0.113. The van der Waals surface area contributed by atoms with Gasteiger partial charge in [-0.25, -0.2) is 0 Å². The summed E-state index contributed by atoms with van der Waals surface area (Å²) in [6.07, 6.45) is -4.24. The zero-order chi connectivity index (χ0) is 15.5. The average Bonchev–Trinajstić information content (AvgIpc) is 2.34. The third-order valence-corrected chi connectivity index (χ3v) is 4.21. The molecule has 2 N–H and O–H groups in total. The topological polar surface area (TPSA) is 41.1 Å². The van der Waals surface area contributed by atoms with E-state index in [4.69, 9.17) is 0 Å². The highest BCUT2D eigenvalue weighted by Gasteiger charge is 2.27. The Hall–Kier alpha value is -1.47. The van der Waals surface area contributed by atoms with Gasteiger partial charge in [-0.05, 0) is 24.6 Å². The van der Waals surface area contributed by atoms with E-state index in [0.717, 1.165) is 5.57 Å². The SMILES string of the molecule is CC(C(=O)Nc1ccccc1SCC(F)(F)F)=C1CNC1. The van der Waals surface area contributed by atoms with Gasteiger partial charge in [0.1, 0.15) is 0 Å². The van der Waals surface area contributed by atoms with Gasteiger partial charge in [0.25, 0.3) is 5.91 Å². The predicted molar refractivity (Wildman–Crippen MR) is 77.4 cm³/mol. The Morgan fingerprint density at radius 1 is 1.33 bits per heavy atom. The molecular weight excluding hydrogens is 301 g/mol. The fourth-order valence-corrected chi connectivity index (χ4v) is 2.52. The molecule has 0 radical (unpaired) electrons. The van der Waals surface area contributed by atoms with Crippen LogP contribution in [0.2, 0.25) is 0 Å². The Balaban J connectivity index is 2.07. The Kier molecular flexibility index (Phi) is 4.95. The first-order chi connectivity index (χ1) is 9.87. The molecule has 1 aliphatic heterocycles. The van der Waals surface area contributed by atoms with Crippen LogP contribution in [0.1, 0.15) is 6.92 Å². The maximum Gasteiger partial charge on any atom is 0.398 e. The van der Waals surface area contributed by atoms with Gasteiger partial charge in [-0.2, -0.15) is 13.2 Å². The maximum absolute atomic E-state index is 12.3. The molecule has 21 heavy (non-hydrogen) atoms. The van der Waals surface area contributed by atoms with E-state index >= 15 is 0 Å². The van der Waals surface area contributed by atoms with E-state index < -0.39 is 11.9 Å². The molecule has 0 aromatic heterocycles. The summed E-state index contributed by atoms with van der Waals surface area (Å²) in [4.78, 5) is 12.5. The minimum Gasteiger partial charge on any atom is -0.321 e. The standard InChI is InChI=1S/C14H15F3N2OS/c1-9(10-6-18-7-10)13(20)19-11-4-2-3-5-12(11)21-8-14(15,16)17/h2-5,18H,6-8H2,1H3,(H,19,20). The largest absolute Gasteiger partial charge is 0.398 e. The number of halogens is 3. The van der Waals surface area contributed by atoms with E-state index in [1.165, 1.54) is 0 Å². The minimum absolute atomic E-state index is 0.272. The number of thioether (sulfide) groups is 1. The van der Waals surface area contributed by atoms with Crippen molar-refractivity contribution in [3.8, 4) is 0 Å². The summed E-state index contributed by atoms with van der Waals surface area (Å²) in [5.41, 5.74) is 2.04. The normalized spacial score (nSPS) is 14.6. The number of anilines is 1. The Morgan fingerprint density at radius 3 is 2.57 bits per heavy atom. The second-order valence-corrected chi connectivity index (χ2v) is 5.70. The fraction of sp³-hybridized carbons (Fsp3) is 0.357. The Bertz CT molecular complexity index is 564. The summed E-state index contributed by atoms with van der Waals surface area (Å²) < 4.78 is 36.9. The average molecular weight is 316 g/mol. The summed E-state index contributed by atoms with van der Waals surface area (Å²) in [7, 11) is 0. The number of para-hydroxylation sites is 1. The number of nitrogens with one attached hydrogen (secondary N) is 2. The van der Waals surface area contributed by atoms with E-state index in [1.807, 2.05) is 0 Å². The lowest BCUT2D eigenvalue weighted by atomic mass is 10.0. The van der Waals surface area contributed by atoms with Gasteiger partial charge in [0.05, 0.1) is 11.4 Å². The molecule has 1 aromatic carbocycles. The van der Waals surface area contributed by atoms with Crippen molar-refractivity contribution >= 4 is 23.4 Å². The highest BCUT2D eigenvalue weighted by atomic mass is 32.2. The van der Waals surface area contributed by atoms with Crippen molar-refractivity contribution in [3.63, 3.8) is 0 Å². The molecule has 0 spiro atoms. The number of hydrogen-bond acceptors (Lipinski definition) is 3. The van der Waals surface area contributed by atoms with Crippen LogP contribution in [0.15, 0.2) is 40.3 Å². The van der Waals surface area contributed by atoms with Crippen LogP contribution < -0.4 is 10.6 Å². The van der Waals surface area contributed by atoms with Crippen LogP contribution in [0.3, 0.4) is 0 Å². The molecule has 3 nitrogen and oxygen atoms in total. The number of benzene rings is 1. The molecule has 7 heteroatoms. The number of carbonyl (C=O) groups is 1. The minimum atomic E-state index is -4.24. The molecular formula is C14H15F3N2OS. The molecule has 0 unspecified atom stereocenters. The Labute approximate surface area is 125 Å². The smallest absolute Gasteiger partial charge is 0.321 e. The van der Waals surface area contributed by atoms with Crippen LogP contribution in [0.25, 0.3) is 0 Å². The van der Waals surface area contributed by atoms with Gasteiger partial charge in [0, 0.05) is 23.6 Å². The third kappa shape index (κ3) is 4.50. The molecule has 1 aliphatic rings. The van der Waals surface area contributed by atoms with Crippen molar-refractivity contribution < 1.29 is 18.0 Å². The molecule has 1 heterocycles. The van der Waals surface area contributed by atoms with Crippen molar-refractivity contribution in [3.05, 3.63) is 35.4 Å². The number of alkyl halides is 3. The number of carbonyl (C=O) groups excluding carboxylic acids is 1. The van der Waals surface area contributed by atoms with E-state index in [0.29, 0.717) is 41.0 Å². The molecule has 1 fully saturated rings. The molecule has 0 saturated carbocycles.